The molecule has 1 N–H and O–H groups in total. The third-order valence-corrected chi connectivity index (χ3v) is 6.77. The molecule has 5 rings (SSSR count). The van der Waals surface area contributed by atoms with Crippen molar-refractivity contribution < 1.29 is 27.9 Å². The van der Waals surface area contributed by atoms with E-state index in [0.717, 1.165) is 62.0 Å². The van der Waals surface area contributed by atoms with Crippen molar-refractivity contribution in [3.8, 4) is 0 Å². The van der Waals surface area contributed by atoms with Crippen LogP contribution >= 0.6 is 0 Å². The Hall–Kier alpha value is -3.69. The Bertz CT molecular complexity index is 1220. The summed E-state index contributed by atoms with van der Waals surface area (Å²) in [5.74, 6) is -1.47. The van der Waals surface area contributed by atoms with Crippen molar-refractivity contribution in [2.75, 3.05) is 24.5 Å². The number of carboxylic acids is 1. The Morgan fingerprint density at radius 3 is 2.33 bits per heavy atom. The molecule has 2 aliphatic heterocycles. The highest BCUT2D eigenvalue weighted by Gasteiger charge is 2.49. The molecule has 2 aliphatic rings. The van der Waals surface area contributed by atoms with E-state index in [9.17, 15) is 18.0 Å². The van der Waals surface area contributed by atoms with Crippen molar-refractivity contribution in [1.82, 2.24) is 14.9 Å². The number of rotatable bonds is 4. The molecule has 0 saturated carbocycles. The third-order valence-electron chi connectivity index (χ3n) is 6.77. The minimum atomic E-state index is -5.08. The molecule has 1 unspecified atom stereocenters. The zero-order valence-electron chi connectivity index (χ0n) is 19.6. The minimum Gasteiger partial charge on any atom is -0.475 e. The number of para-hydroxylation sites is 1. The average Bonchev–Trinajstić information content (AvgIpc) is 2.87. The number of hydrogen-bond acceptors (Lipinski definition) is 5. The number of nitrogens with zero attached hydrogens (tertiary/aromatic N) is 4. The molecule has 0 radical (unpaired) electrons. The van der Waals surface area contributed by atoms with Crippen molar-refractivity contribution in [2.24, 2.45) is 0 Å². The summed E-state index contributed by atoms with van der Waals surface area (Å²) in [5, 5.41) is 8.22. The molecule has 1 atom stereocenters. The number of aryl methyl sites for hydroxylation is 1. The zero-order chi connectivity index (χ0) is 25.8. The Morgan fingerprint density at radius 1 is 0.972 bits per heavy atom. The Labute approximate surface area is 206 Å². The van der Waals surface area contributed by atoms with E-state index in [1.807, 2.05) is 36.4 Å². The standard InChI is InChI=1S/C24H26N4O.C2HF3O2/c29-22(12-11-19-7-2-1-3-8-19)27-15-6-13-24(17-27)14-16-28(24)23-20-9-4-5-10-21(20)25-18-26-23;3-2(4,5)1(6)7/h1-5,7-10,18H,6,11-17H2;(H,6,7). The quantitative estimate of drug-likeness (QED) is 0.569. The third kappa shape index (κ3) is 5.58. The van der Waals surface area contributed by atoms with Gasteiger partial charge in [-0.1, -0.05) is 42.5 Å². The van der Waals surface area contributed by atoms with E-state index < -0.39 is 12.1 Å². The number of halogens is 3. The molecule has 2 saturated heterocycles. The van der Waals surface area contributed by atoms with E-state index >= 15 is 0 Å². The van der Waals surface area contributed by atoms with E-state index in [1.54, 1.807) is 6.33 Å². The summed E-state index contributed by atoms with van der Waals surface area (Å²) in [6.07, 6.45) is 1.26. The molecule has 2 aromatic carbocycles. The molecular formula is C26H27F3N4O3. The fourth-order valence-corrected chi connectivity index (χ4v) is 4.88. The van der Waals surface area contributed by atoms with Gasteiger partial charge in [-0.05, 0) is 43.4 Å². The van der Waals surface area contributed by atoms with Gasteiger partial charge in [-0.25, -0.2) is 14.8 Å². The number of amides is 1. The number of carboxylic acid groups (broad SMARTS) is 1. The number of carbonyl (C=O) groups excluding carboxylic acids is 1. The van der Waals surface area contributed by atoms with Gasteiger partial charge >= 0.3 is 12.1 Å². The fraction of sp³-hybridized carbons (Fsp3) is 0.385. The summed E-state index contributed by atoms with van der Waals surface area (Å²) in [6, 6.07) is 18.5. The molecule has 1 aromatic heterocycles. The summed E-state index contributed by atoms with van der Waals surface area (Å²) in [7, 11) is 0. The van der Waals surface area contributed by atoms with Crippen molar-refractivity contribution in [1.29, 1.82) is 0 Å². The van der Waals surface area contributed by atoms with Gasteiger partial charge in [-0.2, -0.15) is 13.2 Å². The number of benzene rings is 2. The van der Waals surface area contributed by atoms with Crippen molar-refractivity contribution in [3.63, 3.8) is 0 Å². The van der Waals surface area contributed by atoms with Crippen LogP contribution in [0, 0.1) is 0 Å². The number of alkyl halides is 3. The monoisotopic (exact) mass is 500 g/mol. The lowest BCUT2D eigenvalue weighted by molar-refractivity contribution is -0.192. The van der Waals surface area contributed by atoms with Crippen LogP contribution in [0.15, 0.2) is 60.9 Å². The molecule has 1 amide bonds. The largest absolute Gasteiger partial charge is 0.490 e. The molecule has 190 valence electrons. The smallest absolute Gasteiger partial charge is 0.475 e. The van der Waals surface area contributed by atoms with Crippen molar-refractivity contribution in [2.45, 2.75) is 43.8 Å². The van der Waals surface area contributed by atoms with Crippen LogP contribution in [0.5, 0.6) is 0 Å². The second-order valence-electron chi connectivity index (χ2n) is 9.05. The number of aliphatic carboxylic acids is 1. The molecule has 1 spiro atoms. The van der Waals surface area contributed by atoms with Crippen LogP contribution in [-0.2, 0) is 16.0 Å². The predicted octanol–water partition coefficient (Wildman–Crippen LogP) is 4.47. The number of anilines is 1. The molecule has 2 fully saturated rings. The summed E-state index contributed by atoms with van der Waals surface area (Å²) in [5.41, 5.74) is 2.23. The second kappa shape index (κ2) is 10.5. The van der Waals surface area contributed by atoms with Gasteiger partial charge in [0.1, 0.15) is 12.1 Å². The van der Waals surface area contributed by atoms with E-state index in [4.69, 9.17) is 9.90 Å². The van der Waals surface area contributed by atoms with Crippen LogP contribution in [0.1, 0.15) is 31.2 Å². The number of hydrogen-bond donors (Lipinski definition) is 1. The first-order chi connectivity index (χ1) is 17.2. The summed E-state index contributed by atoms with van der Waals surface area (Å²) in [6.45, 7) is 2.67. The molecule has 36 heavy (non-hydrogen) atoms. The lowest BCUT2D eigenvalue weighted by Crippen LogP contribution is -2.68. The summed E-state index contributed by atoms with van der Waals surface area (Å²) in [4.78, 5) is 35.4. The highest BCUT2D eigenvalue weighted by molar-refractivity contribution is 5.90. The van der Waals surface area contributed by atoms with Gasteiger partial charge in [0.25, 0.3) is 0 Å². The van der Waals surface area contributed by atoms with E-state index in [2.05, 4.69) is 38.0 Å². The van der Waals surface area contributed by atoms with Gasteiger partial charge < -0.3 is 14.9 Å². The predicted molar refractivity (Wildman–Crippen MR) is 128 cm³/mol. The normalized spacial score (nSPS) is 19.4. The van der Waals surface area contributed by atoms with Gasteiger partial charge in [0, 0.05) is 31.4 Å². The maximum atomic E-state index is 12.9. The molecule has 3 aromatic rings. The molecule has 0 aliphatic carbocycles. The SMILES string of the molecule is O=C(CCc1ccccc1)N1CCCC2(CCN2c2ncnc3ccccc23)C1.O=C(O)C(F)(F)F. The van der Waals surface area contributed by atoms with Crippen molar-refractivity contribution in [3.05, 3.63) is 66.5 Å². The van der Waals surface area contributed by atoms with Gasteiger partial charge in [-0.3, -0.25) is 4.79 Å². The van der Waals surface area contributed by atoms with Gasteiger partial charge in [-0.15, -0.1) is 0 Å². The maximum absolute atomic E-state index is 12.9. The first-order valence-electron chi connectivity index (χ1n) is 11.8. The van der Waals surface area contributed by atoms with Crippen molar-refractivity contribution >= 4 is 28.6 Å². The van der Waals surface area contributed by atoms with E-state index in [-0.39, 0.29) is 11.4 Å². The highest BCUT2D eigenvalue weighted by atomic mass is 19.4. The molecule has 3 heterocycles. The summed E-state index contributed by atoms with van der Waals surface area (Å²) >= 11 is 0. The Morgan fingerprint density at radius 2 is 1.67 bits per heavy atom. The van der Waals surface area contributed by atoms with Gasteiger partial charge in [0.2, 0.25) is 5.91 Å². The van der Waals surface area contributed by atoms with Crippen LogP contribution in [0.4, 0.5) is 19.0 Å². The Kier molecular flexibility index (Phi) is 7.42. The fourth-order valence-electron chi connectivity index (χ4n) is 4.88. The Balaban J connectivity index is 0.000000384. The molecule has 0 bridgehead atoms. The highest BCUT2D eigenvalue weighted by Crippen LogP contribution is 2.43. The van der Waals surface area contributed by atoms with Crippen LogP contribution in [-0.4, -0.2) is 63.2 Å². The van der Waals surface area contributed by atoms with Crippen LogP contribution in [0.3, 0.4) is 0 Å². The zero-order valence-corrected chi connectivity index (χ0v) is 19.6. The molecule has 7 nitrogen and oxygen atoms in total. The van der Waals surface area contributed by atoms with E-state index in [1.165, 1.54) is 5.56 Å². The number of piperidine rings is 1. The molecule has 10 heteroatoms. The number of fused-ring (bicyclic) bond motifs is 1. The van der Waals surface area contributed by atoms with Gasteiger partial charge in [0.15, 0.2) is 0 Å². The number of aromatic nitrogens is 2. The first-order valence-corrected chi connectivity index (χ1v) is 11.8. The lowest BCUT2D eigenvalue weighted by Gasteiger charge is -2.57. The average molecular weight is 501 g/mol. The van der Waals surface area contributed by atoms with Crippen LogP contribution in [0.2, 0.25) is 0 Å². The lowest BCUT2D eigenvalue weighted by atomic mass is 9.77. The first kappa shape index (κ1) is 25.4. The van der Waals surface area contributed by atoms with Crippen LogP contribution in [0.25, 0.3) is 10.9 Å². The molecular weight excluding hydrogens is 473 g/mol. The topological polar surface area (TPSA) is 86.6 Å². The maximum Gasteiger partial charge on any atom is 0.490 e. The van der Waals surface area contributed by atoms with Gasteiger partial charge in [0.05, 0.1) is 11.1 Å². The second-order valence-corrected chi connectivity index (χ2v) is 9.05. The number of carbonyl (C=O) groups is 2. The number of likely N-dealkylation sites (tertiary alicyclic amines) is 1. The summed E-state index contributed by atoms with van der Waals surface area (Å²) < 4.78 is 31.7. The minimum absolute atomic E-state index is 0.0256. The van der Waals surface area contributed by atoms with E-state index in [0.29, 0.717) is 6.42 Å². The van der Waals surface area contributed by atoms with Crippen LogP contribution < -0.4 is 4.90 Å².